The zero-order valence-electron chi connectivity index (χ0n) is 14.1. The van der Waals surface area contributed by atoms with Crippen LogP contribution in [0.25, 0.3) is 33.5 Å². The van der Waals surface area contributed by atoms with E-state index in [1.807, 2.05) is 0 Å². The van der Waals surface area contributed by atoms with E-state index in [-0.39, 0.29) is 50.5 Å². The molecule has 0 aliphatic rings. The Morgan fingerprint density at radius 1 is 1.00 bits per heavy atom. The van der Waals surface area contributed by atoms with Crippen molar-refractivity contribution >= 4 is 16.9 Å². The Morgan fingerprint density at radius 3 is 2.46 bits per heavy atom. The first kappa shape index (κ1) is 17.2. The summed E-state index contributed by atoms with van der Waals surface area (Å²) in [7, 11) is 0. The molecule has 0 radical (unpaired) electrons. The zero-order valence-corrected chi connectivity index (χ0v) is 14.1. The molecule has 28 heavy (non-hydrogen) atoms. The molecular weight excluding hydrogens is 366 g/mol. The first-order valence-corrected chi connectivity index (χ1v) is 8.07. The van der Waals surface area contributed by atoms with Crippen molar-refractivity contribution in [2.45, 2.75) is 0 Å². The van der Waals surface area contributed by atoms with Gasteiger partial charge in [-0.3, -0.25) is 4.79 Å². The molecule has 0 bridgehead atoms. The Labute approximate surface area is 155 Å². The summed E-state index contributed by atoms with van der Waals surface area (Å²) in [6, 6.07) is 10.3. The summed E-state index contributed by atoms with van der Waals surface area (Å²) < 4.78 is 5.24. The number of imidazole rings is 1. The van der Waals surface area contributed by atoms with Crippen LogP contribution in [0.1, 0.15) is 10.4 Å². The number of hydrogen-bond donors (Lipinski definition) is 5. The number of fused-ring (bicyclic) bond motifs is 1. The molecule has 140 valence electrons. The van der Waals surface area contributed by atoms with Crippen LogP contribution in [0.15, 0.2) is 56.5 Å². The van der Waals surface area contributed by atoms with Gasteiger partial charge in [-0.1, -0.05) is 12.1 Å². The standard InChI is InChI=1S/C19H13N3O6/c20-17(25)10-7-8(5-6-11(10)23)14-15(22-19(27)21-14)13-16(24)9-3-1-2-4-12(9)28-18(13)26/h1-7,23-24H,(H2,20,25)(H2,21,22,27). The number of carbonyl (C=O) groups is 1. The van der Waals surface area contributed by atoms with Crippen LogP contribution in [0.4, 0.5) is 0 Å². The number of amides is 1. The monoisotopic (exact) mass is 379 g/mol. The number of nitrogens with two attached hydrogens (primary N) is 1. The van der Waals surface area contributed by atoms with Crippen molar-refractivity contribution in [1.82, 2.24) is 9.97 Å². The van der Waals surface area contributed by atoms with E-state index in [2.05, 4.69) is 9.97 Å². The van der Waals surface area contributed by atoms with Crippen molar-refractivity contribution in [3.8, 4) is 34.0 Å². The summed E-state index contributed by atoms with van der Waals surface area (Å²) in [6.07, 6.45) is 0. The van der Waals surface area contributed by atoms with Crippen molar-refractivity contribution < 1.29 is 19.4 Å². The van der Waals surface area contributed by atoms with Gasteiger partial charge in [0, 0.05) is 5.56 Å². The minimum absolute atomic E-state index is 0.0249. The van der Waals surface area contributed by atoms with Gasteiger partial charge in [0.05, 0.1) is 22.3 Å². The van der Waals surface area contributed by atoms with Gasteiger partial charge in [0.15, 0.2) is 0 Å². The summed E-state index contributed by atoms with van der Waals surface area (Å²) in [5.74, 6) is -1.56. The molecule has 1 amide bonds. The number of hydrogen-bond acceptors (Lipinski definition) is 6. The van der Waals surface area contributed by atoms with E-state index in [1.165, 1.54) is 24.3 Å². The van der Waals surface area contributed by atoms with Gasteiger partial charge in [-0.05, 0) is 30.3 Å². The van der Waals surface area contributed by atoms with E-state index >= 15 is 0 Å². The van der Waals surface area contributed by atoms with Gasteiger partial charge in [-0.25, -0.2) is 9.59 Å². The molecular formula is C19H13N3O6. The molecule has 4 aromatic rings. The van der Waals surface area contributed by atoms with Gasteiger partial charge < -0.3 is 30.3 Å². The molecule has 0 saturated carbocycles. The maximum absolute atomic E-state index is 12.5. The molecule has 9 nitrogen and oxygen atoms in total. The highest BCUT2D eigenvalue weighted by Crippen LogP contribution is 2.36. The van der Waals surface area contributed by atoms with E-state index in [9.17, 15) is 24.6 Å². The van der Waals surface area contributed by atoms with Crippen molar-refractivity contribution in [2.75, 3.05) is 0 Å². The minimum Gasteiger partial charge on any atom is -0.507 e. The molecule has 2 aromatic carbocycles. The Hall–Kier alpha value is -4.27. The van der Waals surface area contributed by atoms with Gasteiger partial charge >= 0.3 is 11.3 Å². The summed E-state index contributed by atoms with van der Waals surface area (Å²) in [6.45, 7) is 0. The molecule has 0 aliphatic carbocycles. The van der Waals surface area contributed by atoms with Gasteiger partial charge in [-0.15, -0.1) is 0 Å². The largest absolute Gasteiger partial charge is 0.507 e. The lowest BCUT2D eigenvalue weighted by molar-refractivity contribution is 0.0998. The molecule has 2 aromatic heterocycles. The average Bonchev–Trinajstić information content (AvgIpc) is 3.03. The zero-order chi connectivity index (χ0) is 20.0. The predicted molar refractivity (Wildman–Crippen MR) is 100 cm³/mol. The van der Waals surface area contributed by atoms with E-state index < -0.39 is 17.2 Å². The van der Waals surface area contributed by atoms with Gasteiger partial charge in [0.2, 0.25) is 0 Å². The summed E-state index contributed by atoms with van der Waals surface area (Å²) in [5, 5.41) is 20.7. The fourth-order valence-corrected chi connectivity index (χ4v) is 3.03. The second-order valence-corrected chi connectivity index (χ2v) is 6.03. The normalized spacial score (nSPS) is 11.0. The summed E-state index contributed by atoms with van der Waals surface area (Å²) >= 11 is 0. The Morgan fingerprint density at radius 2 is 1.71 bits per heavy atom. The average molecular weight is 379 g/mol. The third-order valence-corrected chi connectivity index (χ3v) is 4.31. The van der Waals surface area contributed by atoms with Crippen LogP contribution < -0.4 is 17.0 Å². The summed E-state index contributed by atoms with van der Waals surface area (Å²) in [4.78, 5) is 40.9. The predicted octanol–water partition coefficient (Wildman–Crippen LogP) is 1.65. The van der Waals surface area contributed by atoms with Crippen molar-refractivity contribution in [3.05, 3.63) is 68.9 Å². The van der Waals surface area contributed by atoms with E-state index in [4.69, 9.17) is 10.2 Å². The minimum atomic E-state index is -0.869. The van der Waals surface area contributed by atoms with Crippen LogP contribution in [0, 0.1) is 0 Å². The smallest absolute Gasteiger partial charge is 0.349 e. The molecule has 4 rings (SSSR count). The lowest BCUT2D eigenvalue weighted by Gasteiger charge is -2.08. The number of phenols is 1. The number of primary amides is 1. The number of aromatic nitrogens is 2. The second-order valence-electron chi connectivity index (χ2n) is 6.03. The van der Waals surface area contributed by atoms with Gasteiger partial charge in [0.1, 0.15) is 22.6 Å². The number of carbonyl (C=O) groups excluding carboxylic acids is 1. The molecule has 0 fully saturated rings. The number of aromatic hydroxyl groups is 2. The van der Waals surface area contributed by atoms with E-state index in [0.717, 1.165) is 0 Å². The molecule has 0 spiro atoms. The highest BCUT2D eigenvalue weighted by atomic mass is 16.4. The van der Waals surface area contributed by atoms with Crippen LogP contribution in [0.3, 0.4) is 0 Å². The topological polar surface area (TPSA) is 162 Å². The van der Waals surface area contributed by atoms with Crippen LogP contribution in [-0.2, 0) is 0 Å². The third kappa shape index (κ3) is 2.62. The quantitative estimate of drug-likeness (QED) is 0.340. The van der Waals surface area contributed by atoms with E-state index in [0.29, 0.717) is 0 Å². The lowest BCUT2D eigenvalue weighted by atomic mass is 10.0. The highest BCUT2D eigenvalue weighted by molar-refractivity contribution is 5.98. The number of nitrogens with one attached hydrogen (secondary N) is 2. The summed E-state index contributed by atoms with van der Waals surface area (Å²) in [5.41, 5.74) is 3.88. The molecule has 9 heteroatoms. The maximum Gasteiger partial charge on any atom is 0.349 e. The first-order valence-electron chi connectivity index (χ1n) is 8.07. The third-order valence-electron chi connectivity index (χ3n) is 4.31. The van der Waals surface area contributed by atoms with Crippen LogP contribution in [0.5, 0.6) is 11.5 Å². The maximum atomic E-state index is 12.5. The Bertz CT molecular complexity index is 1360. The second kappa shape index (κ2) is 6.16. The van der Waals surface area contributed by atoms with Crippen LogP contribution >= 0.6 is 0 Å². The molecule has 0 saturated heterocycles. The molecule has 0 aliphatic heterocycles. The van der Waals surface area contributed by atoms with Crippen LogP contribution in [-0.4, -0.2) is 26.1 Å². The van der Waals surface area contributed by atoms with Gasteiger partial charge in [0.25, 0.3) is 5.91 Å². The fourth-order valence-electron chi connectivity index (χ4n) is 3.03. The number of H-pyrrole nitrogens is 2. The SMILES string of the molecule is NC(=O)c1cc(-c2[nH]c(=O)[nH]c2-c2c(O)c3ccccc3oc2=O)ccc1O. The number of rotatable bonds is 3. The number of para-hydroxylation sites is 1. The lowest BCUT2D eigenvalue weighted by Crippen LogP contribution is -2.11. The molecule has 0 atom stereocenters. The first-order chi connectivity index (χ1) is 13.4. The molecule has 2 heterocycles. The molecule has 0 unspecified atom stereocenters. The number of benzene rings is 2. The molecule has 6 N–H and O–H groups in total. The Balaban J connectivity index is 2.02. The Kier molecular flexibility index (Phi) is 3.78. The number of aromatic amines is 2. The van der Waals surface area contributed by atoms with Gasteiger partial charge in [-0.2, -0.15) is 0 Å². The highest BCUT2D eigenvalue weighted by Gasteiger charge is 2.22. The van der Waals surface area contributed by atoms with Crippen LogP contribution in [0.2, 0.25) is 0 Å². The fraction of sp³-hybridized carbons (Fsp3) is 0. The van der Waals surface area contributed by atoms with E-state index in [1.54, 1.807) is 18.2 Å². The van der Waals surface area contributed by atoms with Crippen molar-refractivity contribution in [2.24, 2.45) is 5.73 Å². The van der Waals surface area contributed by atoms with Crippen molar-refractivity contribution in [1.29, 1.82) is 0 Å². The van der Waals surface area contributed by atoms with Crippen molar-refractivity contribution in [3.63, 3.8) is 0 Å².